The number of aromatic nitrogens is 2. The summed E-state index contributed by atoms with van der Waals surface area (Å²) < 4.78 is 11.3. The monoisotopic (exact) mass is 418 g/mol. The van der Waals surface area contributed by atoms with Crippen molar-refractivity contribution in [3.05, 3.63) is 70.3 Å². The Bertz CT molecular complexity index is 1180. The van der Waals surface area contributed by atoms with Crippen LogP contribution in [0, 0.1) is 11.3 Å². The van der Waals surface area contributed by atoms with Crippen LogP contribution in [0.4, 0.5) is 0 Å². The Morgan fingerprint density at radius 1 is 1.26 bits per heavy atom. The van der Waals surface area contributed by atoms with Crippen molar-refractivity contribution < 1.29 is 14.3 Å². The number of H-pyrrole nitrogens is 1. The van der Waals surface area contributed by atoms with Gasteiger partial charge in [0.25, 0.3) is 11.5 Å². The molecular weight excluding hydrogens is 396 g/mol. The van der Waals surface area contributed by atoms with E-state index in [9.17, 15) is 14.9 Å². The molecule has 1 atom stereocenters. The number of hydrogen-bond acceptors (Lipinski definition) is 6. The van der Waals surface area contributed by atoms with E-state index >= 15 is 0 Å². The second kappa shape index (κ2) is 9.41. The van der Waals surface area contributed by atoms with Crippen molar-refractivity contribution in [3.63, 3.8) is 0 Å². The second-order valence-electron chi connectivity index (χ2n) is 7.34. The van der Waals surface area contributed by atoms with Crippen LogP contribution in [0.15, 0.2) is 53.3 Å². The molecule has 158 valence electrons. The number of carbonyl (C=O) groups excluding carboxylic acids is 1. The highest BCUT2D eigenvalue weighted by Gasteiger charge is 2.24. The lowest BCUT2D eigenvalue weighted by molar-refractivity contribution is -0.135. The van der Waals surface area contributed by atoms with Gasteiger partial charge in [0.05, 0.1) is 29.1 Å². The summed E-state index contributed by atoms with van der Waals surface area (Å²) >= 11 is 0. The first-order valence-corrected chi connectivity index (χ1v) is 10.1. The van der Waals surface area contributed by atoms with E-state index in [1.54, 1.807) is 47.4 Å². The van der Waals surface area contributed by atoms with Crippen LogP contribution >= 0.6 is 0 Å². The van der Waals surface area contributed by atoms with Gasteiger partial charge in [-0.3, -0.25) is 9.59 Å². The first-order valence-electron chi connectivity index (χ1n) is 10.1. The molecule has 2 heterocycles. The smallest absolute Gasteiger partial charge is 0.261 e. The third-order valence-corrected chi connectivity index (χ3v) is 5.16. The SMILES string of the molecule is N#Cc1ccccc1OCC(=O)N(Cc1nc2ccccc2c(=O)[nH]1)C[C@@H]1CCCO1. The maximum Gasteiger partial charge on any atom is 0.261 e. The molecule has 0 spiro atoms. The van der Waals surface area contributed by atoms with Gasteiger partial charge in [-0.1, -0.05) is 24.3 Å². The number of benzene rings is 2. The van der Waals surface area contributed by atoms with E-state index in [4.69, 9.17) is 9.47 Å². The molecule has 31 heavy (non-hydrogen) atoms. The number of nitrogens with zero attached hydrogens (tertiary/aromatic N) is 3. The lowest BCUT2D eigenvalue weighted by Gasteiger charge is -2.25. The van der Waals surface area contributed by atoms with E-state index < -0.39 is 0 Å². The van der Waals surface area contributed by atoms with E-state index in [0.29, 0.717) is 41.2 Å². The highest BCUT2D eigenvalue weighted by Crippen LogP contribution is 2.18. The minimum Gasteiger partial charge on any atom is -0.482 e. The zero-order valence-electron chi connectivity index (χ0n) is 16.9. The number of fused-ring (bicyclic) bond motifs is 1. The Morgan fingerprint density at radius 3 is 2.87 bits per heavy atom. The second-order valence-corrected chi connectivity index (χ2v) is 7.34. The molecule has 0 aliphatic carbocycles. The van der Waals surface area contributed by atoms with E-state index in [0.717, 1.165) is 12.8 Å². The number of aromatic amines is 1. The van der Waals surface area contributed by atoms with Crippen LogP contribution in [0.25, 0.3) is 10.9 Å². The Morgan fingerprint density at radius 2 is 2.06 bits per heavy atom. The van der Waals surface area contributed by atoms with E-state index in [2.05, 4.69) is 16.0 Å². The predicted octanol–water partition coefficient (Wildman–Crippen LogP) is 2.38. The topological polar surface area (TPSA) is 108 Å². The summed E-state index contributed by atoms with van der Waals surface area (Å²) in [6, 6.07) is 15.9. The number of rotatable bonds is 7. The van der Waals surface area contributed by atoms with Crippen LogP contribution in [-0.2, 0) is 16.1 Å². The predicted molar refractivity (Wildman–Crippen MR) is 113 cm³/mol. The maximum atomic E-state index is 13.0. The quantitative estimate of drug-likeness (QED) is 0.631. The third-order valence-electron chi connectivity index (χ3n) is 5.16. The van der Waals surface area contributed by atoms with Crippen molar-refractivity contribution in [1.29, 1.82) is 5.26 Å². The Kier molecular flexibility index (Phi) is 6.24. The van der Waals surface area contributed by atoms with Gasteiger partial charge in [-0.25, -0.2) is 4.98 Å². The van der Waals surface area contributed by atoms with E-state index in [1.807, 2.05) is 6.07 Å². The van der Waals surface area contributed by atoms with Gasteiger partial charge in [0.2, 0.25) is 0 Å². The minimum absolute atomic E-state index is 0.0671. The molecule has 1 aliphatic heterocycles. The molecule has 1 aliphatic rings. The molecule has 2 aromatic carbocycles. The average molecular weight is 418 g/mol. The number of para-hydroxylation sites is 2. The van der Waals surface area contributed by atoms with Crippen LogP contribution < -0.4 is 10.3 Å². The fourth-order valence-corrected chi connectivity index (χ4v) is 3.59. The van der Waals surface area contributed by atoms with E-state index in [1.165, 1.54) is 0 Å². The summed E-state index contributed by atoms with van der Waals surface area (Å²) in [6.45, 7) is 0.938. The van der Waals surface area contributed by atoms with Crippen molar-refractivity contribution >= 4 is 16.8 Å². The Balaban J connectivity index is 1.53. The van der Waals surface area contributed by atoms with Crippen LogP contribution in [0.2, 0.25) is 0 Å². The minimum atomic E-state index is -0.279. The van der Waals surface area contributed by atoms with Crippen molar-refractivity contribution in [2.24, 2.45) is 0 Å². The van der Waals surface area contributed by atoms with Gasteiger partial charge < -0.3 is 19.4 Å². The fourth-order valence-electron chi connectivity index (χ4n) is 3.59. The molecule has 1 amide bonds. The summed E-state index contributed by atoms with van der Waals surface area (Å²) in [6.07, 6.45) is 1.75. The third kappa shape index (κ3) is 4.90. The maximum absolute atomic E-state index is 13.0. The number of nitrogens with one attached hydrogen (secondary N) is 1. The van der Waals surface area contributed by atoms with Gasteiger partial charge in [-0.05, 0) is 37.1 Å². The molecule has 0 bridgehead atoms. The number of ether oxygens (including phenoxy) is 2. The summed E-state index contributed by atoms with van der Waals surface area (Å²) in [5.41, 5.74) is 0.691. The molecular formula is C23H22N4O4. The molecule has 3 aromatic rings. The van der Waals surface area contributed by atoms with E-state index in [-0.39, 0.29) is 30.7 Å². The first-order chi connectivity index (χ1) is 15.1. The normalized spacial score (nSPS) is 15.5. The Hall–Kier alpha value is -3.70. The van der Waals surface area contributed by atoms with Gasteiger partial charge in [0.1, 0.15) is 17.6 Å². The highest BCUT2D eigenvalue weighted by molar-refractivity contribution is 5.78. The Labute approximate surface area is 179 Å². The molecule has 0 unspecified atom stereocenters. The van der Waals surface area contributed by atoms with Crippen molar-refractivity contribution in [2.45, 2.75) is 25.5 Å². The van der Waals surface area contributed by atoms with Crippen molar-refractivity contribution in [3.8, 4) is 11.8 Å². The van der Waals surface area contributed by atoms with Gasteiger partial charge in [0, 0.05) is 13.2 Å². The first kappa shape index (κ1) is 20.6. The molecule has 4 rings (SSSR count). The molecule has 1 fully saturated rings. The molecule has 1 saturated heterocycles. The van der Waals surface area contributed by atoms with Gasteiger partial charge >= 0.3 is 0 Å². The number of carbonyl (C=O) groups is 1. The summed E-state index contributed by atoms with van der Waals surface area (Å²) in [5, 5.41) is 9.71. The molecule has 0 radical (unpaired) electrons. The molecule has 8 nitrogen and oxygen atoms in total. The van der Waals surface area contributed by atoms with Crippen LogP contribution in [0.3, 0.4) is 0 Å². The molecule has 8 heteroatoms. The largest absolute Gasteiger partial charge is 0.482 e. The van der Waals surface area contributed by atoms with Crippen LogP contribution in [0.5, 0.6) is 5.75 Å². The van der Waals surface area contributed by atoms with Crippen molar-refractivity contribution in [2.75, 3.05) is 19.8 Å². The van der Waals surface area contributed by atoms with Gasteiger partial charge in [-0.15, -0.1) is 0 Å². The zero-order valence-corrected chi connectivity index (χ0v) is 16.9. The van der Waals surface area contributed by atoms with Gasteiger partial charge in [-0.2, -0.15) is 5.26 Å². The molecule has 1 aromatic heterocycles. The summed E-state index contributed by atoms with van der Waals surface area (Å²) in [5.74, 6) is 0.471. The summed E-state index contributed by atoms with van der Waals surface area (Å²) in [7, 11) is 0. The molecule has 1 N–H and O–H groups in total. The lowest BCUT2D eigenvalue weighted by atomic mass is 10.2. The van der Waals surface area contributed by atoms with Crippen LogP contribution in [0.1, 0.15) is 24.2 Å². The van der Waals surface area contributed by atoms with Gasteiger partial charge in [0.15, 0.2) is 6.61 Å². The zero-order chi connectivity index (χ0) is 21.6. The van der Waals surface area contributed by atoms with Crippen LogP contribution in [-0.4, -0.2) is 46.6 Å². The van der Waals surface area contributed by atoms with Crippen molar-refractivity contribution in [1.82, 2.24) is 14.9 Å². The highest BCUT2D eigenvalue weighted by atomic mass is 16.5. The number of amides is 1. The lowest BCUT2D eigenvalue weighted by Crippen LogP contribution is -2.40. The summed E-state index contributed by atoms with van der Waals surface area (Å²) in [4.78, 5) is 34.3. The number of hydrogen-bond donors (Lipinski definition) is 1. The number of nitriles is 1. The molecule has 0 saturated carbocycles. The average Bonchev–Trinajstić information content (AvgIpc) is 3.30. The standard InChI is InChI=1S/C23H22N4O4/c24-12-16-6-1-4-10-20(16)31-15-22(28)27(13-17-7-5-11-30-17)14-21-25-19-9-3-2-8-18(19)23(29)26-21/h1-4,6,8-10,17H,5,7,11,13-15H2,(H,25,26,29)/t17-/m0/s1. The fraction of sp³-hybridized carbons (Fsp3) is 0.304.